The van der Waals surface area contributed by atoms with Crippen molar-refractivity contribution in [2.45, 2.75) is 34.1 Å². The molecule has 1 heterocycles. The van der Waals surface area contributed by atoms with Crippen LogP contribution in [0.4, 0.5) is 0 Å². The number of nitrogens with one attached hydrogen (secondary N) is 2. The molecule has 0 bridgehead atoms. The van der Waals surface area contributed by atoms with Crippen molar-refractivity contribution in [2.75, 3.05) is 13.2 Å². The molecule has 0 aliphatic rings. The third kappa shape index (κ3) is 4.47. The van der Waals surface area contributed by atoms with Crippen molar-refractivity contribution in [1.82, 2.24) is 10.3 Å². The van der Waals surface area contributed by atoms with Crippen LogP contribution in [0, 0.1) is 20.8 Å². The van der Waals surface area contributed by atoms with Crippen molar-refractivity contribution >= 4 is 11.7 Å². The fourth-order valence-corrected chi connectivity index (χ4v) is 2.43. The maximum atomic E-state index is 12.0. The molecule has 2 N–H and O–H groups in total. The maximum absolute atomic E-state index is 12.0. The van der Waals surface area contributed by atoms with E-state index in [1.165, 1.54) is 18.1 Å². The molecule has 0 saturated carbocycles. The number of aromatic nitrogens is 1. The lowest BCUT2D eigenvalue weighted by molar-refractivity contribution is 0.0947. The Labute approximate surface area is 142 Å². The summed E-state index contributed by atoms with van der Waals surface area (Å²) < 4.78 is 5.82. The van der Waals surface area contributed by atoms with Gasteiger partial charge >= 0.3 is 0 Å². The molecule has 1 aromatic carbocycles. The highest BCUT2D eigenvalue weighted by Crippen LogP contribution is 2.23. The van der Waals surface area contributed by atoms with Crippen molar-refractivity contribution < 1.29 is 14.3 Å². The monoisotopic (exact) mass is 328 g/mol. The van der Waals surface area contributed by atoms with Crippen molar-refractivity contribution in [1.29, 1.82) is 0 Å². The fourth-order valence-electron chi connectivity index (χ4n) is 2.43. The molecule has 0 radical (unpaired) electrons. The highest BCUT2D eigenvalue weighted by atomic mass is 16.5. The SMILES string of the molecule is CC(=O)c1c[nH]c(C(=O)NCCCOc2cc(C)cc(C)c2C)c1. The van der Waals surface area contributed by atoms with Crippen LogP contribution < -0.4 is 10.1 Å². The zero-order chi connectivity index (χ0) is 17.7. The van der Waals surface area contributed by atoms with Crippen molar-refractivity contribution in [3.8, 4) is 5.75 Å². The van der Waals surface area contributed by atoms with Gasteiger partial charge in [-0.25, -0.2) is 0 Å². The van der Waals surface area contributed by atoms with Gasteiger partial charge in [0, 0.05) is 18.3 Å². The molecule has 2 aromatic rings. The third-order valence-corrected chi connectivity index (χ3v) is 3.96. The Bertz CT molecular complexity index is 747. The van der Waals surface area contributed by atoms with Gasteiger partial charge in [-0.1, -0.05) is 6.07 Å². The summed E-state index contributed by atoms with van der Waals surface area (Å²) in [5, 5.41) is 2.81. The molecule has 0 fully saturated rings. The molecule has 1 aromatic heterocycles. The number of ether oxygens (including phenoxy) is 1. The van der Waals surface area contributed by atoms with Crippen LogP contribution in [0.25, 0.3) is 0 Å². The minimum absolute atomic E-state index is 0.0671. The van der Waals surface area contributed by atoms with E-state index < -0.39 is 0 Å². The van der Waals surface area contributed by atoms with Crippen molar-refractivity contribution in [3.63, 3.8) is 0 Å². The molecule has 0 atom stereocenters. The Morgan fingerprint density at radius 2 is 1.92 bits per heavy atom. The molecule has 0 saturated heterocycles. The Hall–Kier alpha value is -2.56. The third-order valence-electron chi connectivity index (χ3n) is 3.96. The Morgan fingerprint density at radius 1 is 1.17 bits per heavy atom. The van der Waals surface area contributed by atoms with E-state index in [0.29, 0.717) is 30.8 Å². The van der Waals surface area contributed by atoms with Gasteiger partial charge in [-0.2, -0.15) is 0 Å². The number of ketones is 1. The largest absolute Gasteiger partial charge is 0.493 e. The zero-order valence-electron chi connectivity index (χ0n) is 14.7. The lowest BCUT2D eigenvalue weighted by atomic mass is 10.1. The van der Waals surface area contributed by atoms with Crippen LogP contribution in [0.15, 0.2) is 24.4 Å². The Morgan fingerprint density at radius 3 is 2.58 bits per heavy atom. The van der Waals surface area contributed by atoms with Gasteiger partial charge in [-0.15, -0.1) is 0 Å². The van der Waals surface area contributed by atoms with Crippen molar-refractivity contribution in [3.05, 3.63) is 52.3 Å². The molecule has 1 amide bonds. The molecular formula is C19H24N2O3. The molecule has 2 rings (SSSR count). The number of hydrogen-bond donors (Lipinski definition) is 2. The van der Waals surface area contributed by atoms with Gasteiger partial charge in [0.25, 0.3) is 5.91 Å². The van der Waals surface area contributed by atoms with E-state index in [-0.39, 0.29) is 11.7 Å². The molecule has 5 nitrogen and oxygen atoms in total. The molecule has 24 heavy (non-hydrogen) atoms. The zero-order valence-corrected chi connectivity index (χ0v) is 14.7. The van der Waals surface area contributed by atoms with E-state index in [9.17, 15) is 9.59 Å². The molecule has 5 heteroatoms. The first kappa shape index (κ1) is 17.8. The van der Waals surface area contributed by atoms with Gasteiger partial charge in [0.2, 0.25) is 0 Å². The molecule has 0 spiro atoms. The number of H-pyrrole nitrogens is 1. The first-order chi connectivity index (χ1) is 11.4. The molecule has 0 unspecified atom stereocenters. The highest BCUT2D eigenvalue weighted by Gasteiger charge is 2.10. The molecule has 128 valence electrons. The van der Waals surface area contributed by atoms with E-state index in [2.05, 4.69) is 23.3 Å². The predicted molar refractivity (Wildman–Crippen MR) is 93.9 cm³/mol. The Kier molecular flexibility index (Phi) is 5.79. The maximum Gasteiger partial charge on any atom is 0.267 e. The van der Waals surface area contributed by atoms with Crippen LogP contribution in [0.3, 0.4) is 0 Å². The number of amides is 1. The summed E-state index contributed by atoms with van der Waals surface area (Å²) in [7, 11) is 0. The summed E-state index contributed by atoms with van der Waals surface area (Å²) in [4.78, 5) is 26.0. The number of rotatable bonds is 7. The van der Waals surface area contributed by atoms with Crippen LogP contribution in [-0.2, 0) is 0 Å². The lowest BCUT2D eigenvalue weighted by Gasteiger charge is -2.12. The second-order valence-electron chi connectivity index (χ2n) is 6.02. The summed E-state index contributed by atoms with van der Waals surface area (Å²) >= 11 is 0. The second-order valence-corrected chi connectivity index (χ2v) is 6.02. The van der Waals surface area contributed by atoms with Gasteiger partial charge in [0.1, 0.15) is 11.4 Å². The van der Waals surface area contributed by atoms with Gasteiger partial charge in [0.05, 0.1) is 6.61 Å². The normalized spacial score (nSPS) is 10.5. The minimum atomic E-state index is -0.218. The smallest absolute Gasteiger partial charge is 0.267 e. The number of carbonyl (C=O) groups excluding carboxylic acids is 2. The average molecular weight is 328 g/mol. The van der Waals surface area contributed by atoms with Crippen LogP contribution in [0.1, 0.15) is 50.9 Å². The summed E-state index contributed by atoms with van der Waals surface area (Å²) in [5.74, 6) is 0.613. The van der Waals surface area contributed by atoms with Crippen molar-refractivity contribution in [2.24, 2.45) is 0 Å². The number of Topliss-reactive ketones (excluding diaryl/α,β-unsaturated/α-hetero) is 1. The van der Waals surface area contributed by atoms with Gasteiger partial charge in [0.15, 0.2) is 5.78 Å². The number of benzene rings is 1. The Balaban J connectivity index is 1.77. The lowest BCUT2D eigenvalue weighted by Crippen LogP contribution is -2.25. The second kappa shape index (κ2) is 7.81. The van der Waals surface area contributed by atoms with E-state index in [0.717, 1.165) is 11.3 Å². The average Bonchev–Trinajstić information content (AvgIpc) is 3.01. The quantitative estimate of drug-likeness (QED) is 0.605. The summed E-state index contributed by atoms with van der Waals surface area (Å²) in [5.41, 5.74) is 4.44. The standard InChI is InChI=1S/C19H24N2O3/c1-12-8-13(2)14(3)18(9-12)24-7-5-6-20-19(23)17-10-16(11-21-17)15(4)22/h8-11,21H,5-7H2,1-4H3,(H,20,23). The van der Waals surface area contributed by atoms with Crippen LogP contribution >= 0.6 is 0 Å². The van der Waals surface area contributed by atoms with E-state index >= 15 is 0 Å². The fraction of sp³-hybridized carbons (Fsp3) is 0.368. The first-order valence-corrected chi connectivity index (χ1v) is 8.06. The first-order valence-electron chi connectivity index (χ1n) is 8.06. The van der Waals surface area contributed by atoms with Gasteiger partial charge in [-0.05, 0) is 62.9 Å². The molecule has 0 aliphatic carbocycles. The summed E-state index contributed by atoms with van der Waals surface area (Å²) in [6, 6.07) is 5.73. The van der Waals surface area contributed by atoms with E-state index in [1.54, 1.807) is 12.3 Å². The topological polar surface area (TPSA) is 71.2 Å². The molecule has 0 aliphatic heterocycles. The van der Waals surface area contributed by atoms with Gasteiger partial charge < -0.3 is 15.0 Å². The molecular weight excluding hydrogens is 304 g/mol. The summed E-state index contributed by atoms with van der Waals surface area (Å²) in [6.45, 7) is 8.68. The van der Waals surface area contributed by atoms with Gasteiger partial charge in [-0.3, -0.25) is 9.59 Å². The number of carbonyl (C=O) groups is 2. The van der Waals surface area contributed by atoms with Crippen LogP contribution in [0.5, 0.6) is 5.75 Å². The minimum Gasteiger partial charge on any atom is -0.493 e. The highest BCUT2D eigenvalue weighted by molar-refractivity contribution is 5.99. The van der Waals surface area contributed by atoms with E-state index in [1.807, 2.05) is 19.9 Å². The van der Waals surface area contributed by atoms with E-state index in [4.69, 9.17) is 4.74 Å². The number of aryl methyl sites for hydroxylation is 2. The van der Waals surface area contributed by atoms with Crippen LogP contribution in [0.2, 0.25) is 0 Å². The predicted octanol–water partition coefficient (Wildman–Crippen LogP) is 3.34. The number of aromatic amines is 1. The number of hydrogen-bond acceptors (Lipinski definition) is 3. The summed E-state index contributed by atoms with van der Waals surface area (Å²) in [6.07, 6.45) is 2.25. The van der Waals surface area contributed by atoms with Crippen LogP contribution in [-0.4, -0.2) is 29.8 Å².